The quantitative estimate of drug-likeness (QED) is 0.806. The average Bonchev–Trinajstić information content (AvgIpc) is 2.91. The Morgan fingerprint density at radius 3 is 3.00 bits per heavy atom. The molecule has 3 rings (SSSR count). The molecule has 1 aliphatic rings. The summed E-state index contributed by atoms with van der Waals surface area (Å²) in [5.41, 5.74) is 2.11. The second-order valence-corrected chi connectivity index (χ2v) is 6.07. The smallest absolute Gasteiger partial charge is 0.303 e. The number of carboxylic acids is 1. The van der Waals surface area contributed by atoms with Gasteiger partial charge in [0.15, 0.2) is 0 Å². The number of benzene rings is 1. The summed E-state index contributed by atoms with van der Waals surface area (Å²) in [7, 11) is 0. The van der Waals surface area contributed by atoms with Gasteiger partial charge < -0.3 is 15.4 Å². The summed E-state index contributed by atoms with van der Waals surface area (Å²) >= 11 is 0. The Labute approximate surface area is 124 Å². The van der Waals surface area contributed by atoms with E-state index < -0.39 is 5.97 Å². The molecule has 0 aliphatic carbocycles. The first-order chi connectivity index (χ1) is 10.2. The Bertz CT molecular complexity index is 649. The lowest BCUT2D eigenvalue weighted by Gasteiger charge is -2.43. The Morgan fingerprint density at radius 1 is 1.43 bits per heavy atom. The number of aromatic amines is 1. The number of nitrogens with one attached hydrogen (secondary N) is 2. The van der Waals surface area contributed by atoms with Gasteiger partial charge in [0.1, 0.15) is 0 Å². The Kier molecular flexibility index (Phi) is 3.72. The standard InChI is InChI=1S/C17H22N2O2/c1-2-17(10-15(20)21)8-5-9-18-16(17)13-11-19-14-7-4-3-6-12(13)14/h3-4,6-7,11,16,18-19H,2,5,8-10H2,1H3,(H,20,21)/t16-,17+/m0/s1. The van der Waals surface area contributed by atoms with Gasteiger partial charge in [-0.05, 0) is 37.4 Å². The van der Waals surface area contributed by atoms with Crippen LogP contribution in [0.5, 0.6) is 0 Å². The Morgan fingerprint density at radius 2 is 2.24 bits per heavy atom. The van der Waals surface area contributed by atoms with E-state index in [4.69, 9.17) is 0 Å². The first kappa shape index (κ1) is 14.1. The third-order valence-corrected chi connectivity index (χ3v) is 4.95. The van der Waals surface area contributed by atoms with Gasteiger partial charge in [-0.15, -0.1) is 0 Å². The van der Waals surface area contributed by atoms with Gasteiger partial charge in [-0.25, -0.2) is 0 Å². The summed E-state index contributed by atoms with van der Waals surface area (Å²) in [5, 5.41) is 14.1. The highest BCUT2D eigenvalue weighted by Crippen LogP contribution is 2.47. The van der Waals surface area contributed by atoms with Crippen LogP contribution in [0.2, 0.25) is 0 Å². The largest absolute Gasteiger partial charge is 0.481 e. The molecule has 21 heavy (non-hydrogen) atoms. The molecule has 4 heteroatoms. The zero-order valence-electron chi connectivity index (χ0n) is 12.4. The molecular formula is C17H22N2O2. The van der Waals surface area contributed by atoms with E-state index in [-0.39, 0.29) is 17.9 Å². The van der Waals surface area contributed by atoms with Crippen LogP contribution in [-0.4, -0.2) is 22.6 Å². The van der Waals surface area contributed by atoms with E-state index in [9.17, 15) is 9.90 Å². The minimum atomic E-state index is -0.703. The molecule has 1 aliphatic heterocycles. The number of rotatable bonds is 4. The van der Waals surface area contributed by atoms with Crippen LogP contribution in [-0.2, 0) is 4.79 Å². The number of hydrogen-bond donors (Lipinski definition) is 3. The van der Waals surface area contributed by atoms with E-state index in [1.165, 1.54) is 10.9 Å². The van der Waals surface area contributed by atoms with Crippen LogP contribution in [0.15, 0.2) is 30.5 Å². The third-order valence-electron chi connectivity index (χ3n) is 4.95. The molecule has 0 saturated carbocycles. The SMILES string of the molecule is CC[C@]1(CC(=O)O)CCCN[C@H]1c1c[nH]c2ccccc12. The third kappa shape index (κ3) is 2.44. The van der Waals surface area contributed by atoms with Crippen molar-refractivity contribution >= 4 is 16.9 Å². The summed E-state index contributed by atoms with van der Waals surface area (Å²) in [6, 6.07) is 8.32. The lowest BCUT2D eigenvalue weighted by atomic mass is 9.67. The second-order valence-electron chi connectivity index (χ2n) is 6.07. The number of H-pyrrole nitrogens is 1. The first-order valence-electron chi connectivity index (χ1n) is 7.67. The van der Waals surface area contributed by atoms with Crippen LogP contribution in [0.3, 0.4) is 0 Å². The molecule has 4 nitrogen and oxygen atoms in total. The maximum atomic E-state index is 11.4. The summed E-state index contributed by atoms with van der Waals surface area (Å²) in [6.07, 6.45) is 5.14. The average molecular weight is 286 g/mol. The molecule has 0 amide bonds. The number of fused-ring (bicyclic) bond motifs is 1. The minimum Gasteiger partial charge on any atom is -0.481 e. The second kappa shape index (κ2) is 5.53. The lowest BCUT2D eigenvalue weighted by Crippen LogP contribution is -2.44. The molecule has 0 bridgehead atoms. The number of hydrogen-bond acceptors (Lipinski definition) is 2. The Hall–Kier alpha value is -1.81. The number of carbonyl (C=O) groups is 1. The minimum absolute atomic E-state index is 0.100. The van der Waals surface area contributed by atoms with E-state index in [0.29, 0.717) is 0 Å². The van der Waals surface area contributed by atoms with E-state index in [0.717, 1.165) is 31.3 Å². The van der Waals surface area contributed by atoms with Gasteiger partial charge in [-0.3, -0.25) is 4.79 Å². The fourth-order valence-corrected chi connectivity index (χ4v) is 3.82. The summed E-state index contributed by atoms with van der Waals surface area (Å²) < 4.78 is 0. The molecular weight excluding hydrogens is 264 g/mol. The van der Waals surface area contributed by atoms with Gasteiger partial charge in [0.2, 0.25) is 0 Å². The van der Waals surface area contributed by atoms with E-state index >= 15 is 0 Å². The van der Waals surface area contributed by atoms with Crippen molar-refractivity contribution in [2.45, 2.75) is 38.6 Å². The van der Waals surface area contributed by atoms with Crippen molar-refractivity contribution in [3.8, 4) is 0 Å². The van der Waals surface area contributed by atoms with Crippen molar-refractivity contribution in [1.29, 1.82) is 0 Å². The van der Waals surface area contributed by atoms with Crippen LogP contribution < -0.4 is 5.32 Å². The zero-order chi connectivity index (χ0) is 14.9. The molecule has 112 valence electrons. The van der Waals surface area contributed by atoms with E-state index in [1.807, 2.05) is 18.3 Å². The molecule has 1 fully saturated rings. The van der Waals surface area contributed by atoms with E-state index in [1.54, 1.807) is 0 Å². The monoisotopic (exact) mass is 286 g/mol. The van der Waals surface area contributed by atoms with Crippen molar-refractivity contribution in [2.75, 3.05) is 6.54 Å². The summed E-state index contributed by atoms with van der Waals surface area (Å²) in [4.78, 5) is 14.7. The number of aliphatic carboxylic acids is 1. The number of carboxylic acid groups (broad SMARTS) is 1. The highest BCUT2D eigenvalue weighted by atomic mass is 16.4. The molecule has 2 heterocycles. The molecule has 1 aromatic heterocycles. The van der Waals surface area contributed by atoms with Gasteiger partial charge in [-0.2, -0.15) is 0 Å². The molecule has 0 spiro atoms. The highest BCUT2D eigenvalue weighted by molar-refractivity contribution is 5.83. The van der Waals surface area contributed by atoms with Crippen LogP contribution in [0.25, 0.3) is 10.9 Å². The topological polar surface area (TPSA) is 65.1 Å². The van der Waals surface area contributed by atoms with Crippen LogP contribution in [0.4, 0.5) is 0 Å². The van der Waals surface area contributed by atoms with Gasteiger partial charge >= 0.3 is 5.97 Å². The summed E-state index contributed by atoms with van der Waals surface area (Å²) in [5.74, 6) is -0.703. The van der Waals surface area contributed by atoms with Crippen LogP contribution in [0.1, 0.15) is 44.2 Å². The fourth-order valence-electron chi connectivity index (χ4n) is 3.82. The molecule has 2 aromatic rings. The highest BCUT2D eigenvalue weighted by Gasteiger charge is 2.42. The van der Waals surface area contributed by atoms with Crippen LogP contribution in [0, 0.1) is 5.41 Å². The Balaban J connectivity index is 2.06. The maximum Gasteiger partial charge on any atom is 0.303 e. The lowest BCUT2D eigenvalue weighted by molar-refractivity contribution is -0.141. The number of piperidine rings is 1. The normalized spacial score (nSPS) is 26.0. The van der Waals surface area contributed by atoms with Crippen molar-refractivity contribution in [2.24, 2.45) is 5.41 Å². The number of aromatic nitrogens is 1. The fraction of sp³-hybridized carbons (Fsp3) is 0.471. The zero-order valence-corrected chi connectivity index (χ0v) is 12.4. The molecule has 1 saturated heterocycles. The molecule has 1 aromatic carbocycles. The van der Waals surface area contributed by atoms with Gasteiger partial charge in [-0.1, -0.05) is 25.1 Å². The van der Waals surface area contributed by atoms with Crippen molar-refractivity contribution in [1.82, 2.24) is 10.3 Å². The van der Waals surface area contributed by atoms with Crippen molar-refractivity contribution in [3.05, 3.63) is 36.0 Å². The van der Waals surface area contributed by atoms with Gasteiger partial charge in [0.25, 0.3) is 0 Å². The molecule has 2 atom stereocenters. The molecule has 3 N–H and O–H groups in total. The van der Waals surface area contributed by atoms with Crippen LogP contribution >= 0.6 is 0 Å². The van der Waals surface area contributed by atoms with Gasteiger partial charge in [0, 0.05) is 28.6 Å². The predicted molar refractivity (Wildman–Crippen MR) is 83.3 cm³/mol. The van der Waals surface area contributed by atoms with Gasteiger partial charge in [0.05, 0.1) is 6.42 Å². The predicted octanol–water partition coefficient (Wildman–Crippen LogP) is 3.46. The molecule has 0 radical (unpaired) electrons. The van der Waals surface area contributed by atoms with E-state index in [2.05, 4.69) is 29.4 Å². The first-order valence-corrected chi connectivity index (χ1v) is 7.67. The maximum absolute atomic E-state index is 11.4. The van der Waals surface area contributed by atoms with Crippen molar-refractivity contribution < 1.29 is 9.90 Å². The number of para-hydroxylation sites is 1. The summed E-state index contributed by atoms with van der Waals surface area (Å²) in [6.45, 7) is 3.06. The molecule has 0 unspecified atom stereocenters. The van der Waals surface area contributed by atoms with Crippen molar-refractivity contribution in [3.63, 3.8) is 0 Å².